The Bertz CT molecular complexity index is 1090. The molecule has 0 aliphatic rings. The number of aliphatic carboxylic acids is 1. The monoisotopic (exact) mass is 450 g/mol. The number of ether oxygens (including phenoxy) is 1. The molecule has 11 heteroatoms. The number of benzene rings is 2. The third-order valence-electron chi connectivity index (χ3n) is 4.45. The Morgan fingerprint density at radius 3 is 2.25 bits per heavy atom. The van der Waals surface area contributed by atoms with Crippen LogP contribution in [0.4, 0.5) is 23.5 Å². The van der Waals surface area contributed by atoms with Gasteiger partial charge in [0.05, 0.1) is 5.69 Å². The largest absolute Gasteiger partial charge is 0.480 e. The Labute approximate surface area is 179 Å². The fraction of sp³-hybridized carbons (Fsp3) is 0.190. The number of anilines is 1. The Balaban J connectivity index is 1.87. The van der Waals surface area contributed by atoms with Crippen molar-refractivity contribution in [1.29, 1.82) is 0 Å². The van der Waals surface area contributed by atoms with E-state index in [4.69, 9.17) is 21.3 Å². The molecule has 32 heavy (non-hydrogen) atoms. The number of carboxylic acid groups (broad SMARTS) is 1. The van der Waals surface area contributed by atoms with Gasteiger partial charge in [-0.1, -0.05) is 36.4 Å². The summed E-state index contributed by atoms with van der Waals surface area (Å²) in [7, 11) is 0. The molecule has 3 rings (SSSR count). The van der Waals surface area contributed by atoms with Crippen LogP contribution in [0, 0.1) is 5.82 Å². The van der Waals surface area contributed by atoms with E-state index in [0.717, 1.165) is 24.3 Å². The fourth-order valence-corrected chi connectivity index (χ4v) is 2.89. The number of nitrogens with two attached hydrogens (primary N) is 2. The average Bonchev–Trinajstić information content (AvgIpc) is 2.72. The van der Waals surface area contributed by atoms with Gasteiger partial charge >= 0.3 is 12.1 Å². The van der Waals surface area contributed by atoms with Crippen LogP contribution in [0.25, 0.3) is 11.3 Å². The molecule has 0 spiro atoms. The molecule has 0 aliphatic carbocycles. The van der Waals surface area contributed by atoms with E-state index in [-0.39, 0.29) is 23.6 Å². The Kier molecular flexibility index (Phi) is 6.58. The van der Waals surface area contributed by atoms with Gasteiger partial charge in [-0.15, -0.1) is 0 Å². The quantitative estimate of drug-likeness (QED) is 0.471. The number of nitrogen functional groups attached to an aromatic ring is 1. The fourth-order valence-electron chi connectivity index (χ4n) is 2.89. The van der Waals surface area contributed by atoms with Gasteiger partial charge in [0.25, 0.3) is 0 Å². The second kappa shape index (κ2) is 9.18. The van der Waals surface area contributed by atoms with Crippen LogP contribution in [0.15, 0.2) is 54.6 Å². The lowest BCUT2D eigenvalue weighted by Gasteiger charge is -2.22. The molecule has 2 aromatic carbocycles. The van der Waals surface area contributed by atoms with Gasteiger partial charge in [-0.25, -0.2) is 9.37 Å². The number of carbonyl (C=O) groups is 1. The summed E-state index contributed by atoms with van der Waals surface area (Å²) in [5.41, 5.74) is 12.2. The molecule has 3 aromatic rings. The van der Waals surface area contributed by atoms with Crippen LogP contribution in [-0.4, -0.2) is 33.3 Å². The second-order valence-corrected chi connectivity index (χ2v) is 6.89. The predicted octanol–water partition coefficient (Wildman–Crippen LogP) is 3.50. The minimum absolute atomic E-state index is 0.0980. The molecule has 0 fully saturated rings. The summed E-state index contributed by atoms with van der Waals surface area (Å²) in [4.78, 5) is 18.6. The van der Waals surface area contributed by atoms with Gasteiger partial charge in [0.15, 0.2) is 0 Å². The van der Waals surface area contributed by atoms with E-state index < -0.39 is 36.0 Å². The maximum atomic E-state index is 13.6. The molecule has 0 saturated carbocycles. The Hall–Kier alpha value is -3.73. The van der Waals surface area contributed by atoms with Crippen LogP contribution in [-0.2, 0) is 11.2 Å². The normalized spacial score (nSPS) is 13.4. The highest BCUT2D eigenvalue weighted by molar-refractivity contribution is 5.73. The summed E-state index contributed by atoms with van der Waals surface area (Å²) in [6.45, 7) is 0. The summed E-state index contributed by atoms with van der Waals surface area (Å²) < 4.78 is 58.9. The van der Waals surface area contributed by atoms with Crippen molar-refractivity contribution in [1.82, 2.24) is 9.97 Å². The smallest absolute Gasteiger partial charge is 0.429 e. The highest BCUT2D eigenvalue weighted by Crippen LogP contribution is 2.37. The Morgan fingerprint density at radius 2 is 1.69 bits per heavy atom. The first-order valence-electron chi connectivity index (χ1n) is 9.24. The molecular formula is C21H18F4N4O3. The summed E-state index contributed by atoms with van der Waals surface area (Å²) >= 11 is 0. The summed E-state index contributed by atoms with van der Waals surface area (Å²) in [6, 6.07) is 10.3. The van der Waals surface area contributed by atoms with Gasteiger partial charge in [-0.3, -0.25) is 4.79 Å². The Morgan fingerprint density at radius 1 is 1.06 bits per heavy atom. The molecule has 7 nitrogen and oxygen atoms in total. The highest BCUT2D eigenvalue weighted by Gasteiger charge is 2.43. The van der Waals surface area contributed by atoms with Crippen LogP contribution in [0.5, 0.6) is 5.88 Å². The number of halogens is 4. The molecule has 5 N–H and O–H groups in total. The SMILES string of the molecule is Nc1nc(OC(c2ccc(F)cc2)C(F)(F)F)cc(-c2ccc(C[C@H](N)C(=O)O)cc2)n1. The van der Waals surface area contributed by atoms with Gasteiger partial charge in [-0.2, -0.15) is 18.2 Å². The van der Waals surface area contributed by atoms with Crippen molar-refractivity contribution in [2.75, 3.05) is 5.73 Å². The zero-order chi connectivity index (χ0) is 23.5. The first kappa shape index (κ1) is 22.9. The van der Waals surface area contributed by atoms with Crippen LogP contribution < -0.4 is 16.2 Å². The van der Waals surface area contributed by atoms with E-state index in [2.05, 4.69) is 9.97 Å². The average molecular weight is 450 g/mol. The number of nitrogens with zero attached hydrogens (tertiary/aromatic N) is 2. The number of carboxylic acids is 1. The zero-order valence-electron chi connectivity index (χ0n) is 16.4. The summed E-state index contributed by atoms with van der Waals surface area (Å²) in [5.74, 6) is -2.55. The van der Waals surface area contributed by atoms with E-state index >= 15 is 0 Å². The van der Waals surface area contributed by atoms with Crippen molar-refractivity contribution < 1.29 is 32.2 Å². The van der Waals surface area contributed by atoms with Gasteiger partial charge in [0.2, 0.25) is 17.9 Å². The van der Waals surface area contributed by atoms with E-state index in [1.165, 1.54) is 6.07 Å². The van der Waals surface area contributed by atoms with Crippen molar-refractivity contribution >= 4 is 11.9 Å². The third-order valence-corrected chi connectivity index (χ3v) is 4.45. The van der Waals surface area contributed by atoms with Crippen LogP contribution in [0.2, 0.25) is 0 Å². The number of alkyl halides is 3. The molecule has 1 unspecified atom stereocenters. The lowest BCUT2D eigenvalue weighted by molar-refractivity contribution is -0.198. The lowest BCUT2D eigenvalue weighted by Crippen LogP contribution is -2.32. The van der Waals surface area contributed by atoms with Gasteiger partial charge < -0.3 is 21.3 Å². The van der Waals surface area contributed by atoms with E-state index in [1.54, 1.807) is 24.3 Å². The van der Waals surface area contributed by atoms with E-state index in [1.807, 2.05) is 0 Å². The standard InChI is InChI=1S/C21H18F4N4O3/c22-14-7-5-13(6-8-14)18(21(23,24)25)32-17-10-16(28-20(27)29-17)12-3-1-11(2-4-12)9-15(26)19(30)31/h1-8,10,15,18H,9,26H2,(H,30,31)(H2,27,28,29)/t15-,18?/m0/s1. The van der Waals surface area contributed by atoms with Crippen LogP contribution >= 0.6 is 0 Å². The maximum Gasteiger partial charge on any atom is 0.429 e. The van der Waals surface area contributed by atoms with E-state index in [0.29, 0.717) is 11.1 Å². The van der Waals surface area contributed by atoms with Crippen molar-refractivity contribution in [2.45, 2.75) is 24.7 Å². The topological polar surface area (TPSA) is 124 Å². The van der Waals surface area contributed by atoms with Gasteiger partial charge in [0, 0.05) is 17.2 Å². The maximum absolute atomic E-state index is 13.6. The molecule has 168 valence electrons. The van der Waals surface area contributed by atoms with E-state index in [9.17, 15) is 22.4 Å². The minimum Gasteiger partial charge on any atom is -0.480 e. The van der Waals surface area contributed by atoms with Crippen molar-refractivity contribution in [3.05, 3.63) is 71.5 Å². The highest BCUT2D eigenvalue weighted by atomic mass is 19.4. The van der Waals surface area contributed by atoms with Gasteiger partial charge in [0.1, 0.15) is 11.9 Å². The molecule has 1 heterocycles. The van der Waals surface area contributed by atoms with Crippen LogP contribution in [0.3, 0.4) is 0 Å². The number of hydrogen-bond acceptors (Lipinski definition) is 6. The lowest BCUT2D eigenvalue weighted by atomic mass is 10.0. The molecule has 2 atom stereocenters. The van der Waals surface area contributed by atoms with Crippen LogP contribution in [0.1, 0.15) is 17.2 Å². The first-order valence-corrected chi connectivity index (χ1v) is 9.24. The second-order valence-electron chi connectivity index (χ2n) is 6.89. The van der Waals surface area contributed by atoms with Crippen molar-refractivity contribution in [3.8, 4) is 17.1 Å². The summed E-state index contributed by atoms with van der Waals surface area (Å²) in [5, 5.41) is 8.89. The summed E-state index contributed by atoms with van der Waals surface area (Å²) in [6.07, 6.45) is -7.10. The minimum atomic E-state index is -4.80. The molecule has 1 aromatic heterocycles. The molecule has 0 amide bonds. The molecule has 0 bridgehead atoms. The molecule has 0 radical (unpaired) electrons. The molecular weight excluding hydrogens is 432 g/mol. The number of aromatic nitrogens is 2. The predicted molar refractivity (Wildman–Crippen MR) is 107 cm³/mol. The molecule has 0 saturated heterocycles. The number of hydrogen-bond donors (Lipinski definition) is 3. The van der Waals surface area contributed by atoms with Crippen molar-refractivity contribution in [2.24, 2.45) is 5.73 Å². The van der Waals surface area contributed by atoms with Gasteiger partial charge in [-0.05, 0) is 24.1 Å². The zero-order valence-corrected chi connectivity index (χ0v) is 16.4. The molecule has 0 aliphatic heterocycles. The number of rotatable bonds is 7. The van der Waals surface area contributed by atoms with Crippen molar-refractivity contribution in [3.63, 3.8) is 0 Å². The first-order chi connectivity index (χ1) is 15.0. The third kappa shape index (κ3) is 5.70.